The van der Waals surface area contributed by atoms with E-state index < -0.39 is 29.0 Å². The fourth-order valence-corrected chi connectivity index (χ4v) is 1.73. The number of benzene rings is 1. The molecule has 0 radical (unpaired) electrons. The van der Waals surface area contributed by atoms with Crippen LogP contribution in [0.4, 0.5) is 8.78 Å². The minimum absolute atomic E-state index is 0.214. The Morgan fingerprint density at radius 1 is 1.26 bits per heavy atom. The van der Waals surface area contributed by atoms with Crippen molar-refractivity contribution in [1.82, 2.24) is 5.32 Å². The maximum Gasteiger partial charge on any atom is 0.329 e. The maximum atomic E-state index is 13.0. The van der Waals surface area contributed by atoms with Gasteiger partial charge >= 0.3 is 5.97 Å². The van der Waals surface area contributed by atoms with Gasteiger partial charge in [0.05, 0.1) is 0 Å². The molecule has 1 aromatic carbocycles. The van der Waals surface area contributed by atoms with Gasteiger partial charge in [0.2, 0.25) is 0 Å². The van der Waals surface area contributed by atoms with Crippen molar-refractivity contribution in [3.63, 3.8) is 0 Å². The summed E-state index contributed by atoms with van der Waals surface area (Å²) >= 11 is 0. The third-order valence-corrected chi connectivity index (χ3v) is 2.74. The van der Waals surface area contributed by atoms with Gasteiger partial charge in [-0.05, 0) is 25.5 Å². The number of aliphatic carboxylic acids is 1. The maximum absolute atomic E-state index is 13.0. The second-order valence-electron chi connectivity index (χ2n) is 4.50. The van der Waals surface area contributed by atoms with Gasteiger partial charge in [-0.25, -0.2) is 13.6 Å². The van der Waals surface area contributed by atoms with Crippen LogP contribution in [-0.4, -0.2) is 22.5 Å². The van der Waals surface area contributed by atoms with Crippen LogP contribution >= 0.6 is 0 Å². The molecule has 0 fully saturated rings. The first-order valence-electron chi connectivity index (χ1n) is 5.80. The van der Waals surface area contributed by atoms with Gasteiger partial charge in [0.1, 0.15) is 17.2 Å². The van der Waals surface area contributed by atoms with Crippen LogP contribution < -0.4 is 5.32 Å². The van der Waals surface area contributed by atoms with Gasteiger partial charge in [0.15, 0.2) is 0 Å². The molecular formula is C13H15F2NO3. The van der Waals surface area contributed by atoms with Crippen LogP contribution in [0.25, 0.3) is 0 Å². The van der Waals surface area contributed by atoms with Crippen LogP contribution in [-0.2, 0) is 4.79 Å². The van der Waals surface area contributed by atoms with Crippen LogP contribution in [0.3, 0.4) is 0 Å². The highest BCUT2D eigenvalue weighted by atomic mass is 19.1. The number of carbonyl (C=O) groups is 2. The quantitative estimate of drug-likeness (QED) is 0.863. The number of carboxylic acids is 1. The molecule has 1 rings (SSSR count). The predicted molar refractivity (Wildman–Crippen MR) is 64.8 cm³/mol. The van der Waals surface area contributed by atoms with Crippen molar-refractivity contribution >= 4 is 11.9 Å². The largest absolute Gasteiger partial charge is 0.480 e. The fraction of sp³-hybridized carbons (Fsp3) is 0.385. The van der Waals surface area contributed by atoms with Gasteiger partial charge in [-0.15, -0.1) is 0 Å². The van der Waals surface area contributed by atoms with Crippen molar-refractivity contribution in [2.24, 2.45) is 0 Å². The summed E-state index contributed by atoms with van der Waals surface area (Å²) in [5, 5.41) is 11.4. The summed E-state index contributed by atoms with van der Waals surface area (Å²) in [7, 11) is 0. The molecule has 0 aliphatic rings. The molecule has 6 heteroatoms. The first-order valence-corrected chi connectivity index (χ1v) is 5.80. The number of carbonyl (C=O) groups excluding carboxylic acids is 1. The Hall–Kier alpha value is -1.98. The first kappa shape index (κ1) is 15.1. The van der Waals surface area contributed by atoms with E-state index >= 15 is 0 Å². The zero-order chi connectivity index (χ0) is 14.6. The Labute approximate surface area is 109 Å². The number of hydrogen-bond acceptors (Lipinski definition) is 2. The topological polar surface area (TPSA) is 66.4 Å². The molecule has 1 unspecified atom stereocenters. The molecular weight excluding hydrogens is 256 g/mol. The van der Waals surface area contributed by atoms with Crippen LogP contribution in [0.1, 0.15) is 37.0 Å². The van der Waals surface area contributed by atoms with E-state index in [2.05, 4.69) is 5.32 Å². The lowest BCUT2D eigenvalue weighted by Gasteiger charge is -2.25. The zero-order valence-corrected chi connectivity index (χ0v) is 10.7. The Kier molecular flexibility index (Phi) is 4.58. The molecule has 0 aromatic heterocycles. The summed E-state index contributed by atoms with van der Waals surface area (Å²) in [5.74, 6) is -3.80. The minimum Gasteiger partial charge on any atom is -0.480 e. The summed E-state index contributed by atoms with van der Waals surface area (Å²) in [6.07, 6.45) is 0.756. The van der Waals surface area contributed by atoms with Crippen LogP contribution in [0, 0.1) is 11.6 Å². The number of carboxylic acid groups (broad SMARTS) is 1. The van der Waals surface area contributed by atoms with Crippen molar-refractivity contribution in [3.05, 3.63) is 35.4 Å². The number of nitrogens with one attached hydrogen (secondary N) is 1. The normalized spacial score (nSPS) is 13.7. The molecule has 1 atom stereocenters. The Morgan fingerprint density at radius 2 is 1.79 bits per heavy atom. The molecule has 19 heavy (non-hydrogen) atoms. The van der Waals surface area contributed by atoms with Gasteiger partial charge in [0, 0.05) is 11.6 Å². The van der Waals surface area contributed by atoms with E-state index in [1.54, 1.807) is 6.92 Å². The highest BCUT2D eigenvalue weighted by molar-refractivity contribution is 5.97. The SMILES string of the molecule is CCCC(C)(NC(=O)c1cc(F)cc(F)c1)C(=O)O. The molecule has 0 saturated carbocycles. The lowest BCUT2D eigenvalue weighted by molar-refractivity contribution is -0.144. The molecule has 0 heterocycles. The summed E-state index contributed by atoms with van der Waals surface area (Å²) < 4.78 is 26.0. The summed E-state index contributed by atoms with van der Waals surface area (Å²) in [4.78, 5) is 23.0. The van der Waals surface area contributed by atoms with E-state index in [4.69, 9.17) is 5.11 Å². The fourth-order valence-electron chi connectivity index (χ4n) is 1.73. The molecule has 0 saturated heterocycles. The Bertz CT molecular complexity index is 484. The average Bonchev–Trinajstić information content (AvgIpc) is 2.27. The van der Waals surface area contributed by atoms with E-state index in [0.717, 1.165) is 12.1 Å². The van der Waals surface area contributed by atoms with Gasteiger partial charge in [-0.3, -0.25) is 4.79 Å². The van der Waals surface area contributed by atoms with Gasteiger partial charge < -0.3 is 10.4 Å². The standard InChI is InChI=1S/C13H15F2NO3/c1-3-4-13(2,12(18)19)16-11(17)8-5-9(14)7-10(15)6-8/h5-7H,3-4H2,1-2H3,(H,16,17)(H,18,19). The van der Waals surface area contributed by atoms with Crippen LogP contribution in [0.2, 0.25) is 0 Å². The van der Waals surface area contributed by atoms with Crippen molar-refractivity contribution < 1.29 is 23.5 Å². The lowest BCUT2D eigenvalue weighted by atomic mass is 9.95. The highest BCUT2D eigenvalue weighted by Crippen LogP contribution is 2.15. The number of rotatable bonds is 5. The molecule has 4 nitrogen and oxygen atoms in total. The Balaban J connectivity index is 2.97. The van der Waals surface area contributed by atoms with Gasteiger partial charge in [0.25, 0.3) is 5.91 Å². The molecule has 2 N–H and O–H groups in total. The summed E-state index contributed by atoms with van der Waals surface area (Å²) in [6, 6.07) is 2.35. The smallest absolute Gasteiger partial charge is 0.329 e. The van der Waals surface area contributed by atoms with Crippen LogP contribution in [0.5, 0.6) is 0 Å². The van der Waals surface area contributed by atoms with E-state index in [1.807, 2.05) is 0 Å². The van der Waals surface area contributed by atoms with E-state index in [-0.39, 0.29) is 12.0 Å². The second kappa shape index (κ2) is 5.77. The average molecular weight is 271 g/mol. The number of hydrogen-bond donors (Lipinski definition) is 2. The van der Waals surface area contributed by atoms with E-state index in [9.17, 15) is 18.4 Å². The van der Waals surface area contributed by atoms with E-state index in [1.165, 1.54) is 6.92 Å². The molecule has 104 valence electrons. The molecule has 0 aliphatic carbocycles. The minimum atomic E-state index is -1.46. The lowest BCUT2D eigenvalue weighted by Crippen LogP contribution is -2.52. The number of amides is 1. The third-order valence-electron chi connectivity index (χ3n) is 2.74. The van der Waals surface area contributed by atoms with Gasteiger partial charge in [-0.1, -0.05) is 13.3 Å². The van der Waals surface area contributed by atoms with Crippen molar-refractivity contribution in [1.29, 1.82) is 0 Å². The molecule has 1 amide bonds. The van der Waals surface area contributed by atoms with Crippen LogP contribution in [0.15, 0.2) is 18.2 Å². The van der Waals surface area contributed by atoms with E-state index in [0.29, 0.717) is 12.5 Å². The summed E-state index contributed by atoms with van der Waals surface area (Å²) in [6.45, 7) is 3.13. The second-order valence-corrected chi connectivity index (χ2v) is 4.50. The molecule has 0 aliphatic heterocycles. The summed E-state index contributed by atoms with van der Waals surface area (Å²) in [5.41, 5.74) is -1.71. The van der Waals surface area contributed by atoms with Crippen molar-refractivity contribution in [2.75, 3.05) is 0 Å². The highest BCUT2D eigenvalue weighted by Gasteiger charge is 2.34. The number of halogens is 2. The molecule has 0 bridgehead atoms. The first-order chi connectivity index (χ1) is 8.78. The van der Waals surface area contributed by atoms with Crippen molar-refractivity contribution in [2.45, 2.75) is 32.2 Å². The van der Waals surface area contributed by atoms with Gasteiger partial charge in [-0.2, -0.15) is 0 Å². The van der Waals surface area contributed by atoms with Crippen molar-refractivity contribution in [3.8, 4) is 0 Å². The molecule has 0 spiro atoms. The monoisotopic (exact) mass is 271 g/mol. The Morgan fingerprint density at radius 3 is 2.21 bits per heavy atom. The predicted octanol–water partition coefficient (Wildman–Crippen LogP) is 2.34. The zero-order valence-electron chi connectivity index (χ0n) is 10.7. The molecule has 1 aromatic rings. The third kappa shape index (κ3) is 3.74.